The molecule has 3 aliphatic carbocycles. The Morgan fingerprint density at radius 1 is 1.12 bits per heavy atom. The summed E-state index contributed by atoms with van der Waals surface area (Å²) >= 11 is 0. The Kier molecular flexibility index (Phi) is 3.76. The fourth-order valence-corrected chi connectivity index (χ4v) is 8.19. The molecule has 2 aromatic rings. The maximum Gasteiger partial charge on any atom is 0.0975 e. The molecule has 0 amide bonds. The molecule has 1 aromatic carbocycles. The van der Waals surface area contributed by atoms with Crippen molar-refractivity contribution in [3.63, 3.8) is 0 Å². The van der Waals surface area contributed by atoms with Crippen LogP contribution in [0.4, 0.5) is 0 Å². The molecule has 2 spiro atoms. The zero-order valence-electron chi connectivity index (χ0n) is 18.7. The molecule has 4 nitrogen and oxygen atoms in total. The van der Waals surface area contributed by atoms with E-state index in [2.05, 4.69) is 53.5 Å². The molecule has 3 fully saturated rings. The van der Waals surface area contributed by atoms with Crippen molar-refractivity contribution in [3.05, 3.63) is 65.5 Å². The third kappa shape index (κ3) is 2.31. The van der Waals surface area contributed by atoms with Gasteiger partial charge in [0.1, 0.15) is 0 Å². The summed E-state index contributed by atoms with van der Waals surface area (Å²) in [5.41, 5.74) is 5.03. The van der Waals surface area contributed by atoms with Crippen molar-refractivity contribution in [2.75, 3.05) is 0 Å². The summed E-state index contributed by atoms with van der Waals surface area (Å²) in [6.07, 6.45) is 17.1. The van der Waals surface area contributed by atoms with Crippen molar-refractivity contribution in [3.8, 4) is 0 Å². The third-order valence-corrected chi connectivity index (χ3v) is 9.72. The van der Waals surface area contributed by atoms with Crippen LogP contribution in [0.15, 0.2) is 65.1 Å². The van der Waals surface area contributed by atoms with Crippen molar-refractivity contribution in [2.45, 2.75) is 75.4 Å². The molecule has 32 heavy (non-hydrogen) atoms. The lowest BCUT2D eigenvalue weighted by molar-refractivity contribution is -0.126. The Bertz CT molecular complexity index is 1230. The number of hydrogen-bond donors (Lipinski definition) is 1. The van der Waals surface area contributed by atoms with Gasteiger partial charge in [0.15, 0.2) is 0 Å². The number of ether oxygens (including phenoxy) is 1. The standard InChI is InChI=1S/C28H30N2O2/c1-26-10-8-22-15-21-4-5-23(30-31)16-27(21)11-12-28(22,32-27)25(26)7-6-24(26)19-3-2-18-9-13-29-17-20(18)14-19/h2-3,8-9,13-15,17,24-25,31H,4-7,10-12,16H2,1H3/b30-23+/t24?,25-,26?,27-,28-/m1/s1. The number of hydrogen-bond acceptors (Lipinski definition) is 4. The van der Waals surface area contributed by atoms with Gasteiger partial charge >= 0.3 is 0 Å². The van der Waals surface area contributed by atoms with E-state index >= 15 is 0 Å². The first-order chi connectivity index (χ1) is 15.6. The average Bonchev–Trinajstić information content (AvgIpc) is 3.33. The highest BCUT2D eigenvalue weighted by atomic mass is 16.5. The van der Waals surface area contributed by atoms with E-state index in [4.69, 9.17) is 4.74 Å². The van der Waals surface area contributed by atoms with Gasteiger partial charge in [-0.3, -0.25) is 4.98 Å². The van der Waals surface area contributed by atoms with E-state index < -0.39 is 0 Å². The van der Waals surface area contributed by atoms with E-state index in [0.29, 0.717) is 11.8 Å². The number of fused-ring (bicyclic) bond motifs is 2. The van der Waals surface area contributed by atoms with Crippen LogP contribution >= 0.6 is 0 Å². The molecule has 2 aliphatic heterocycles. The number of oxime groups is 1. The molecule has 164 valence electrons. The molecule has 2 saturated carbocycles. The molecule has 1 N–H and O–H groups in total. The maximum atomic E-state index is 9.46. The molecule has 3 heterocycles. The van der Waals surface area contributed by atoms with Gasteiger partial charge in [-0.1, -0.05) is 36.4 Å². The van der Waals surface area contributed by atoms with Crippen molar-refractivity contribution in [2.24, 2.45) is 16.5 Å². The van der Waals surface area contributed by atoms with E-state index in [9.17, 15) is 5.21 Å². The minimum absolute atomic E-state index is 0.165. The number of allylic oxidation sites excluding steroid dienone is 1. The Morgan fingerprint density at radius 3 is 2.97 bits per heavy atom. The largest absolute Gasteiger partial charge is 0.411 e. The summed E-state index contributed by atoms with van der Waals surface area (Å²) < 4.78 is 7.21. The van der Waals surface area contributed by atoms with Gasteiger partial charge in [0, 0.05) is 24.2 Å². The predicted octanol–water partition coefficient (Wildman–Crippen LogP) is 6.31. The highest BCUT2D eigenvalue weighted by Gasteiger charge is 2.66. The lowest BCUT2D eigenvalue weighted by Crippen LogP contribution is -2.53. The van der Waals surface area contributed by atoms with E-state index in [-0.39, 0.29) is 16.6 Å². The quantitative estimate of drug-likeness (QED) is 0.430. The van der Waals surface area contributed by atoms with Crippen LogP contribution in [-0.4, -0.2) is 27.1 Å². The molecule has 1 saturated heterocycles. The highest BCUT2D eigenvalue weighted by molar-refractivity contribution is 5.87. The summed E-state index contributed by atoms with van der Waals surface area (Å²) in [4.78, 5) is 4.35. The van der Waals surface area contributed by atoms with Crippen LogP contribution in [0.1, 0.15) is 69.8 Å². The summed E-state index contributed by atoms with van der Waals surface area (Å²) in [7, 11) is 0. The number of pyridine rings is 1. The second-order valence-electron chi connectivity index (χ2n) is 11.0. The molecule has 1 aromatic heterocycles. The lowest BCUT2D eigenvalue weighted by atomic mass is 9.58. The van der Waals surface area contributed by atoms with Crippen molar-refractivity contribution < 1.29 is 9.94 Å². The van der Waals surface area contributed by atoms with Gasteiger partial charge in [0.25, 0.3) is 0 Å². The van der Waals surface area contributed by atoms with Crippen molar-refractivity contribution in [1.82, 2.24) is 4.98 Å². The van der Waals surface area contributed by atoms with Crippen LogP contribution in [-0.2, 0) is 4.74 Å². The minimum Gasteiger partial charge on any atom is -0.411 e. The zero-order chi connectivity index (χ0) is 21.6. The van der Waals surface area contributed by atoms with Gasteiger partial charge in [-0.25, -0.2) is 0 Å². The molecule has 5 atom stereocenters. The number of benzene rings is 1. The van der Waals surface area contributed by atoms with E-state index in [1.807, 2.05) is 12.4 Å². The van der Waals surface area contributed by atoms with Gasteiger partial charge in [-0.05, 0) is 96.4 Å². The highest BCUT2D eigenvalue weighted by Crippen LogP contribution is 2.69. The van der Waals surface area contributed by atoms with Gasteiger partial charge in [-0.2, -0.15) is 0 Å². The van der Waals surface area contributed by atoms with Crippen LogP contribution in [0.3, 0.4) is 0 Å². The topological polar surface area (TPSA) is 54.7 Å². The molecule has 0 radical (unpaired) electrons. The first kappa shape index (κ1) is 19.0. The summed E-state index contributed by atoms with van der Waals surface area (Å²) in [6.45, 7) is 2.51. The van der Waals surface area contributed by atoms with Crippen molar-refractivity contribution in [1.29, 1.82) is 0 Å². The third-order valence-electron chi connectivity index (χ3n) is 9.72. The van der Waals surface area contributed by atoms with E-state index in [1.54, 1.807) is 0 Å². The molecular weight excluding hydrogens is 396 g/mol. The summed E-state index contributed by atoms with van der Waals surface area (Å²) in [6, 6.07) is 9.08. The second-order valence-corrected chi connectivity index (χ2v) is 11.0. The smallest absolute Gasteiger partial charge is 0.0975 e. The molecule has 4 heteroatoms. The monoisotopic (exact) mass is 426 g/mol. The lowest BCUT2D eigenvalue weighted by Gasteiger charge is -2.54. The molecule has 5 aliphatic rings. The number of nitrogens with zero attached hydrogens (tertiary/aromatic N) is 2. The van der Waals surface area contributed by atoms with E-state index in [0.717, 1.165) is 44.2 Å². The second kappa shape index (κ2) is 6.32. The predicted molar refractivity (Wildman–Crippen MR) is 125 cm³/mol. The maximum absolute atomic E-state index is 9.46. The minimum atomic E-state index is -0.234. The Morgan fingerprint density at radius 2 is 2.06 bits per heavy atom. The van der Waals surface area contributed by atoms with Gasteiger partial charge in [-0.15, -0.1) is 0 Å². The van der Waals surface area contributed by atoms with Crippen LogP contribution < -0.4 is 0 Å². The average molecular weight is 427 g/mol. The van der Waals surface area contributed by atoms with E-state index in [1.165, 1.54) is 40.3 Å². The fourth-order valence-electron chi connectivity index (χ4n) is 8.19. The number of aromatic nitrogens is 1. The SMILES string of the molecule is CC12CC=C3C=C4CC/C(=N\O)C[C@]45CC[C@]3(O5)[C@@H]1CCC2c1ccc2ccncc2c1. The first-order valence-corrected chi connectivity index (χ1v) is 12.2. The van der Waals surface area contributed by atoms with Crippen LogP contribution in [0.2, 0.25) is 0 Å². The zero-order valence-corrected chi connectivity index (χ0v) is 18.7. The Balaban J connectivity index is 1.30. The summed E-state index contributed by atoms with van der Waals surface area (Å²) in [5, 5.41) is 15.6. The Labute approximate surface area is 189 Å². The van der Waals surface area contributed by atoms with Gasteiger partial charge < -0.3 is 9.94 Å². The van der Waals surface area contributed by atoms with Crippen LogP contribution in [0, 0.1) is 11.3 Å². The van der Waals surface area contributed by atoms with Crippen LogP contribution in [0.5, 0.6) is 0 Å². The molecule has 2 unspecified atom stereocenters. The fraction of sp³-hybridized carbons (Fsp3) is 0.500. The molecule has 7 rings (SSSR count). The van der Waals surface area contributed by atoms with Gasteiger partial charge in [0.2, 0.25) is 0 Å². The molecular formula is C28H30N2O2. The van der Waals surface area contributed by atoms with Crippen molar-refractivity contribution >= 4 is 16.5 Å². The first-order valence-electron chi connectivity index (χ1n) is 12.2. The van der Waals surface area contributed by atoms with Gasteiger partial charge in [0.05, 0.1) is 16.9 Å². The summed E-state index contributed by atoms with van der Waals surface area (Å²) in [5.74, 6) is 1.06. The molecule has 2 bridgehead atoms. The van der Waals surface area contributed by atoms with Crippen LogP contribution in [0.25, 0.3) is 10.8 Å². The normalized spacial score (nSPS) is 41.1. The number of rotatable bonds is 1. The Hall–Kier alpha value is -2.46.